The molecule has 0 spiro atoms. The van der Waals surface area contributed by atoms with Gasteiger partial charge in [-0.2, -0.15) is 0 Å². The Bertz CT molecular complexity index is 497. The molecule has 106 valence electrons. The van der Waals surface area contributed by atoms with Crippen molar-refractivity contribution in [3.63, 3.8) is 0 Å². The second-order valence-corrected chi connectivity index (χ2v) is 7.75. The molecule has 6 heteroatoms. The van der Waals surface area contributed by atoms with E-state index in [4.69, 9.17) is 0 Å². The number of aromatic nitrogens is 1. The van der Waals surface area contributed by atoms with E-state index < -0.39 is 10.8 Å². The second kappa shape index (κ2) is 6.22. The van der Waals surface area contributed by atoms with Crippen LogP contribution in [0.4, 0.5) is 0 Å². The van der Waals surface area contributed by atoms with Crippen molar-refractivity contribution in [1.29, 1.82) is 0 Å². The summed E-state index contributed by atoms with van der Waals surface area (Å²) in [5.74, 6) is -0.0494. The predicted octanol–water partition coefficient (Wildman–Crippen LogP) is 2.47. The van der Waals surface area contributed by atoms with Gasteiger partial charge in [0.1, 0.15) is 5.69 Å². The van der Waals surface area contributed by atoms with Crippen molar-refractivity contribution in [3.05, 3.63) is 22.4 Å². The van der Waals surface area contributed by atoms with Gasteiger partial charge in [0.2, 0.25) is 0 Å². The van der Waals surface area contributed by atoms with Crippen molar-refractivity contribution in [2.45, 2.75) is 37.5 Å². The Balaban J connectivity index is 1.91. The number of carbonyl (C=O) groups excluding carboxylic acids is 1. The van der Waals surface area contributed by atoms with E-state index in [0.717, 1.165) is 23.7 Å². The Morgan fingerprint density at radius 1 is 1.63 bits per heavy atom. The summed E-state index contributed by atoms with van der Waals surface area (Å²) in [5.41, 5.74) is 0.708. The number of hydrogen-bond donors (Lipinski definition) is 1. The molecular weight excluding hydrogens is 328 g/mol. The van der Waals surface area contributed by atoms with Gasteiger partial charge < -0.3 is 9.88 Å². The standard InChI is InChI=1S/C13H19BrN2O2S/c1-9(19(2)18)5-6-15-13(17)12-7-10(14)8-16(12)11-3-4-11/h7-9,11H,3-6H2,1-2H3,(H,15,17). The lowest BCUT2D eigenvalue weighted by Gasteiger charge is -2.11. The molecule has 1 amide bonds. The Hall–Kier alpha value is -0.620. The van der Waals surface area contributed by atoms with Crippen LogP contribution < -0.4 is 5.32 Å². The van der Waals surface area contributed by atoms with Crippen LogP contribution in [0.15, 0.2) is 16.7 Å². The van der Waals surface area contributed by atoms with Gasteiger partial charge in [0, 0.05) is 45.6 Å². The fraction of sp³-hybridized carbons (Fsp3) is 0.615. The number of amides is 1. The summed E-state index contributed by atoms with van der Waals surface area (Å²) in [7, 11) is -0.831. The first-order valence-corrected chi connectivity index (χ1v) is 8.88. The molecule has 4 nitrogen and oxygen atoms in total. The second-order valence-electron chi connectivity index (χ2n) is 5.04. The molecule has 2 rings (SSSR count). The minimum absolute atomic E-state index is 0.0494. The van der Waals surface area contributed by atoms with Gasteiger partial charge in [-0.15, -0.1) is 0 Å². The van der Waals surface area contributed by atoms with Gasteiger partial charge in [0.15, 0.2) is 0 Å². The van der Waals surface area contributed by atoms with Crippen molar-refractivity contribution >= 4 is 32.6 Å². The predicted molar refractivity (Wildman–Crippen MR) is 80.9 cm³/mol. The van der Waals surface area contributed by atoms with Crippen molar-refractivity contribution in [3.8, 4) is 0 Å². The van der Waals surface area contributed by atoms with Gasteiger partial charge in [-0.25, -0.2) is 0 Å². The smallest absolute Gasteiger partial charge is 0.267 e. The molecule has 0 bridgehead atoms. The highest BCUT2D eigenvalue weighted by atomic mass is 79.9. The summed E-state index contributed by atoms with van der Waals surface area (Å²) in [4.78, 5) is 12.1. The largest absolute Gasteiger partial charge is 0.351 e. The molecule has 1 aromatic rings. The van der Waals surface area contributed by atoms with Gasteiger partial charge in [-0.1, -0.05) is 6.92 Å². The lowest BCUT2D eigenvalue weighted by molar-refractivity contribution is 0.0944. The Morgan fingerprint density at radius 2 is 2.32 bits per heavy atom. The van der Waals surface area contributed by atoms with Crippen molar-refractivity contribution < 1.29 is 9.00 Å². The van der Waals surface area contributed by atoms with Crippen molar-refractivity contribution in [2.24, 2.45) is 0 Å². The molecule has 0 radical (unpaired) electrons. The summed E-state index contributed by atoms with van der Waals surface area (Å²) in [6.45, 7) is 2.50. The first-order valence-electron chi connectivity index (χ1n) is 6.47. The Morgan fingerprint density at radius 3 is 2.89 bits per heavy atom. The lowest BCUT2D eigenvalue weighted by Crippen LogP contribution is -2.29. The minimum Gasteiger partial charge on any atom is -0.351 e. The van der Waals surface area contributed by atoms with Crippen LogP contribution in [0.1, 0.15) is 42.7 Å². The monoisotopic (exact) mass is 346 g/mol. The zero-order valence-electron chi connectivity index (χ0n) is 11.2. The Labute approximate surface area is 124 Å². The van der Waals surface area contributed by atoms with E-state index in [-0.39, 0.29) is 11.2 Å². The molecule has 0 saturated heterocycles. The highest BCUT2D eigenvalue weighted by Gasteiger charge is 2.27. The van der Waals surface area contributed by atoms with Gasteiger partial charge in [0.05, 0.1) is 0 Å². The van der Waals surface area contributed by atoms with E-state index in [1.54, 1.807) is 6.26 Å². The normalized spacial score (nSPS) is 18.1. The summed E-state index contributed by atoms with van der Waals surface area (Å²) < 4.78 is 14.2. The van der Waals surface area contributed by atoms with E-state index >= 15 is 0 Å². The van der Waals surface area contributed by atoms with Crippen LogP contribution >= 0.6 is 15.9 Å². The van der Waals surface area contributed by atoms with Crippen LogP contribution in [0.25, 0.3) is 0 Å². The molecule has 2 unspecified atom stereocenters. The number of carbonyl (C=O) groups is 1. The van der Waals surface area contributed by atoms with Gasteiger partial charge in [0.25, 0.3) is 5.91 Å². The van der Waals surface area contributed by atoms with Crippen molar-refractivity contribution in [2.75, 3.05) is 12.8 Å². The molecule has 1 N–H and O–H groups in total. The van der Waals surface area contributed by atoms with E-state index in [2.05, 4.69) is 21.2 Å². The maximum Gasteiger partial charge on any atom is 0.267 e. The Kier molecular flexibility index (Phi) is 4.84. The zero-order chi connectivity index (χ0) is 14.0. The number of halogens is 1. The maximum atomic E-state index is 12.1. The molecule has 1 aromatic heterocycles. The third-order valence-electron chi connectivity index (χ3n) is 3.39. The lowest BCUT2D eigenvalue weighted by atomic mass is 10.3. The zero-order valence-corrected chi connectivity index (χ0v) is 13.6. The third-order valence-corrected chi connectivity index (χ3v) is 5.19. The van der Waals surface area contributed by atoms with E-state index in [9.17, 15) is 9.00 Å². The molecule has 2 atom stereocenters. The molecule has 0 aliphatic heterocycles. The summed E-state index contributed by atoms with van der Waals surface area (Å²) in [5, 5.41) is 3.02. The minimum atomic E-state index is -0.831. The number of nitrogens with zero attached hydrogens (tertiary/aromatic N) is 1. The highest BCUT2D eigenvalue weighted by Crippen LogP contribution is 2.37. The van der Waals surface area contributed by atoms with Crippen LogP contribution in [0, 0.1) is 0 Å². The van der Waals surface area contributed by atoms with Gasteiger partial charge >= 0.3 is 0 Å². The molecule has 0 aromatic carbocycles. The van der Waals surface area contributed by atoms with Gasteiger partial charge in [-0.3, -0.25) is 9.00 Å². The molecule has 19 heavy (non-hydrogen) atoms. The van der Waals surface area contributed by atoms with Crippen LogP contribution in [0.3, 0.4) is 0 Å². The van der Waals surface area contributed by atoms with Crippen LogP contribution in [-0.4, -0.2) is 32.7 Å². The van der Waals surface area contributed by atoms with Crippen LogP contribution in [-0.2, 0) is 10.8 Å². The molecule has 1 heterocycles. The molecular formula is C13H19BrN2O2S. The molecule has 1 fully saturated rings. The number of nitrogens with one attached hydrogen (secondary N) is 1. The quantitative estimate of drug-likeness (QED) is 0.860. The van der Waals surface area contributed by atoms with E-state index in [0.29, 0.717) is 18.3 Å². The third kappa shape index (κ3) is 3.92. The van der Waals surface area contributed by atoms with E-state index in [1.165, 1.54) is 0 Å². The first kappa shape index (κ1) is 14.8. The van der Waals surface area contributed by atoms with Crippen molar-refractivity contribution in [1.82, 2.24) is 9.88 Å². The molecule has 1 aliphatic carbocycles. The average Bonchev–Trinajstić information content (AvgIpc) is 3.12. The van der Waals surface area contributed by atoms with E-state index in [1.807, 2.05) is 23.8 Å². The average molecular weight is 347 g/mol. The fourth-order valence-corrected chi connectivity index (χ4v) is 2.82. The topological polar surface area (TPSA) is 51.1 Å². The SMILES string of the molecule is CC(CCNC(=O)c1cc(Br)cn1C1CC1)S(C)=O. The van der Waals surface area contributed by atoms with Gasteiger partial charge in [-0.05, 0) is 41.3 Å². The highest BCUT2D eigenvalue weighted by molar-refractivity contribution is 9.10. The summed E-state index contributed by atoms with van der Waals surface area (Å²) >= 11 is 3.42. The maximum absolute atomic E-state index is 12.1. The first-order chi connectivity index (χ1) is 8.99. The summed E-state index contributed by atoms with van der Waals surface area (Å²) in [6, 6.07) is 2.34. The van der Waals surface area contributed by atoms with Crippen LogP contribution in [0.2, 0.25) is 0 Å². The fourth-order valence-electron chi connectivity index (χ4n) is 1.93. The molecule has 1 aliphatic rings. The van der Waals surface area contributed by atoms with Crippen LogP contribution in [0.5, 0.6) is 0 Å². The summed E-state index contributed by atoms with van der Waals surface area (Å²) in [6.07, 6.45) is 6.69. The number of rotatable bonds is 6. The molecule has 1 saturated carbocycles. The number of hydrogen-bond acceptors (Lipinski definition) is 2.